The number of rotatable bonds is 2. The molecule has 3 nitrogen and oxygen atoms in total. The highest BCUT2D eigenvalue weighted by atomic mass is 19.1. The second-order valence-electron chi connectivity index (χ2n) is 6.09. The Hall–Kier alpha value is -2.61. The van der Waals surface area contributed by atoms with Crippen molar-refractivity contribution in [1.82, 2.24) is 0 Å². The zero-order chi connectivity index (χ0) is 17.3. The summed E-state index contributed by atoms with van der Waals surface area (Å²) in [5, 5.41) is 8.79. The van der Waals surface area contributed by atoms with Crippen LogP contribution in [0.4, 0.5) is 20.2 Å². The van der Waals surface area contributed by atoms with Crippen LogP contribution in [0.2, 0.25) is 0 Å². The van der Waals surface area contributed by atoms with Crippen molar-refractivity contribution in [3.63, 3.8) is 0 Å². The zero-order valence-corrected chi connectivity index (χ0v) is 13.8. The van der Waals surface area contributed by atoms with Gasteiger partial charge in [-0.25, -0.2) is 8.78 Å². The van der Waals surface area contributed by atoms with Crippen molar-refractivity contribution in [2.45, 2.75) is 13.8 Å². The molecule has 0 radical (unpaired) electrons. The number of halogens is 2. The summed E-state index contributed by atoms with van der Waals surface area (Å²) >= 11 is 0. The summed E-state index contributed by atoms with van der Waals surface area (Å²) in [6.07, 6.45) is 0. The normalized spacial score (nSPS) is 14.6. The molecule has 0 unspecified atom stereocenters. The van der Waals surface area contributed by atoms with E-state index < -0.39 is 11.6 Å². The molecule has 0 aromatic heterocycles. The molecule has 1 aliphatic heterocycles. The van der Waals surface area contributed by atoms with Gasteiger partial charge in [0.15, 0.2) is 11.6 Å². The molecule has 5 heteroatoms. The van der Waals surface area contributed by atoms with Gasteiger partial charge in [-0.1, -0.05) is 12.1 Å². The molecule has 124 valence electrons. The largest absolute Gasteiger partial charge is 0.368 e. The molecular formula is C19H19F2N3. The minimum atomic E-state index is -0.674. The average molecular weight is 327 g/mol. The van der Waals surface area contributed by atoms with Gasteiger partial charge in [-0.2, -0.15) is 5.26 Å². The third-order valence-corrected chi connectivity index (χ3v) is 4.66. The zero-order valence-electron chi connectivity index (χ0n) is 13.8. The second kappa shape index (κ2) is 6.48. The molecule has 0 aliphatic carbocycles. The van der Waals surface area contributed by atoms with Crippen LogP contribution in [0.25, 0.3) is 0 Å². The molecule has 1 saturated heterocycles. The number of piperazine rings is 1. The van der Waals surface area contributed by atoms with Crippen LogP contribution in [0.15, 0.2) is 30.3 Å². The summed E-state index contributed by atoms with van der Waals surface area (Å²) in [6.45, 7) is 6.64. The highest BCUT2D eigenvalue weighted by molar-refractivity contribution is 5.58. The lowest BCUT2D eigenvalue weighted by Crippen LogP contribution is -2.47. The van der Waals surface area contributed by atoms with Gasteiger partial charge in [0.05, 0.1) is 11.6 Å². The van der Waals surface area contributed by atoms with Crippen molar-refractivity contribution in [3.05, 3.63) is 58.7 Å². The van der Waals surface area contributed by atoms with E-state index in [0.29, 0.717) is 26.2 Å². The van der Waals surface area contributed by atoms with E-state index in [2.05, 4.69) is 30.9 Å². The summed E-state index contributed by atoms with van der Waals surface area (Å²) < 4.78 is 28.3. The lowest BCUT2D eigenvalue weighted by Gasteiger charge is -2.38. The van der Waals surface area contributed by atoms with Crippen LogP contribution in [0.1, 0.15) is 16.7 Å². The molecule has 24 heavy (non-hydrogen) atoms. The van der Waals surface area contributed by atoms with Crippen LogP contribution >= 0.6 is 0 Å². The van der Waals surface area contributed by atoms with Crippen LogP contribution in [-0.4, -0.2) is 26.2 Å². The number of benzene rings is 2. The van der Waals surface area contributed by atoms with Gasteiger partial charge in [0.25, 0.3) is 0 Å². The van der Waals surface area contributed by atoms with Crippen molar-refractivity contribution >= 4 is 11.4 Å². The molecule has 1 aliphatic rings. The van der Waals surface area contributed by atoms with E-state index in [1.165, 1.54) is 16.8 Å². The van der Waals surface area contributed by atoms with Crippen molar-refractivity contribution in [3.8, 4) is 6.07 Å². The first-order valence-corrected chi connectivity index (χ1v) is 7.96. The number of hydrogen-bond acceptors (Lipinski definition) is 3. The van der Waals surface area contributed by atoms with E-state index in [0.717, 1.165) is 12.1 Å². The number of nitrogens with zero attached hydrogens (tertiary/aromatic N) is 3. The van der Waals surface area contributed by atoms with Crippen molar-refractivity contribution in [2.75, 3.05) is 36.0 Å². The third-order valence-electron chi connectivity index (χ3n) is 4.66. The third kappa shape index (κ3) is 2.92. The molecule has 0 saturated carbocycles. The monoisotopic (exact) mass is 327 g/mol. The number of nitriles is 1. The van der Waals surface area contributed by atoms with Crippen molar-refractivity contribution < 1.29 is 8.78 Å². The van der Waals surface area contributed by atoms with Crippen molar-refractivity contribution in [1.29, 1.82) is 5.26 Å². The van der Waals surface area contributed by atoms with Gasteiger partial charge in [-0.05, 0) is 43.2 Å². The maximum atomic E-state index is 14.2. The molecule has 0 spiro atoms. The van der Waals surface area contributed by atoms with Crippen LogP contribution < -0.4 is 9.80 Å². The predicted molar refractivity (Wildman–Crippen MR) is 91.4 cm³/mol. The molecule has 2 aromatic carbocycles. The summed E-state index contributed by atoms with van der Waals surface area (Å²) in [5.74, 6) is -1.35. The van der Waals surface area contributed by atoms with Crippen LogP contribution in [0.5, 0.6) is 0 Å². The standard InChI is InChI=1S/C19H19F2N3/c1-13-4-3-5-18(14(13)2)23-6-8-24(9-7-23)19-16(20)10-15(12-22)11-17(19)21/h3-5,10-11H,6-9H2,1-2H3. The van der Waals surface area contributed by atoms with E-state index in [9.17, 15) is 8.78 Å². The van der Waals surface area contributed by atoms with Gasteiger partial charge >= 0.3 is 0 Å². The Bertz CT molecular complexity index is 780. The molecular weight excluding hydrogens is 308 g/mol. The molecule has 0 N–H and O–H groups in total. The first-order valence-electron chi connectivity index (χ1n) is 7.96. The van der Waals surface area contributed by atoms with Gasteiger partial charge in [-0.15, -0.1) is 0 Å². The first kappa shape index (κ1) is 16.3. The fraction of sp³-hybridized carbons (Fsp3) is 0.316. The van der Waals surface area contributed by atoms with Crippen LogP contribution in [-0.2, 0) is 0 Å². The Morgan fingerprint density at radius 1 is 0.958 bits per heavy atom. The van der Waals surface area contributed by atoms with E-state index in [1.807, 2.05) is 6.07 Å². The number of aryl methyl sites for hydroxylation is 1. The van der Waals surface area contributed by atoms with Crippen LogP contribution in [0, 0.1) is 36.8 Å². The highest BCUT2D eigenvalue weighted by Crippen LogP contribution is 2.28. The SMILES string of the molecule is Cc1cccc(N2CCN(c3c(F)cc(C#N)cc3F)CC2)c1C. The topological polar surface area (TPSA) is 30.3 Å². The second-order valence-corrected chi connectivity index (χ2v) is 6.09. The molecule has 1 fully saturated rings. The van der Waals surface area contributed by atoms with E-state index in [-0.39, 0.29) is 11.3 Å². The quantitative estimate of drug-likeness (QED) is 0.841. The Morgan fingerprint density at radius 3 is 2.12 bits per heavy atom. The average Bonchev–Trinajstić information content (AvgIpc) is 2.57. The minimum absolute atomic E-state index is 0.00257. The van der Waals surface area contributed by atoms with E-state index in [4.69, 9.17) is 5.26 Å². The smallest absolute Gasteiger partial charge is 0.150 e. The summed E-state index contributed by atoms with van der Waals surface area (Å²) in [4.78, 5) is 3.96. The fourth-order valence-corrected chi connectivity index (χ4v) is 3.18. The molecule has 1 heterocycles. The Balaban J connectivity index is 1.79. The summed E-state index contributed by atoms with van der Waals surface area (Å²) in [5.41, 5.74) is 3.62. The number of anilines is 2. The van der Waals surface area contributed by atoms with Crippen molar-refractivity contribution in [2.24, 2.45) is 0 Å². The Labute approximate surface area is 140 Å². The lowest BCUT2D eigenvalue weighted by molar-refractivity contribution is 0.556. The summed E-state index contributed by atoms with van der Waals surface area (Å²) in [7, 11) is 0. The maximum Gasteiger partial charge on any atom is 0.150 e. The molecule has 0 amide bonds. The van der Waals surface area contributed by atoms with Gasteiger partial charge in [0, 0.05) is 31.9 Å². The maximum absolute atomic E-state index is 14.2. The van der Waals surface area contributed by atoms with Gasteiger partial charge < -0.3 is 9.80 Å². The van der Waals surface area contributed by atoms with E-state index in [1.54, 1.807) is 11.0 Å². The predicted octanol–water partition coefficient (Wildman–Crippen LogP) is 3.78. The highest BCUT2D eigenvalue weighted by Gasteiger charge is 2.24. The molecule has 0 atom stereocenters. The summed E-state index contributed by atoms with van der Waals surface area (Å²) in [6, 6.07) is 10.2. The molecule has 3 rings (SSSR count). The lowest BCUT2D eigenvalue weighted by atomic mass is 10.1. The van der Waals surface area contributed by atoms with Gasteiger partial charge in [0.2, 0.25) is 0 Å². The Morgan fingerprint density at radius 2 is 1.54 bits per heavy atom. The molecule has 0 bridgehead atoms. The van der Waals surface area contributed by atoms with Gasteiger partial charge in [0.1, 0.15) is 5.69 Å². The first-order chi connectivity index (χ1) is 11.5. The van der Waals surface area contributed by atoms with E-state index >= 15 is 0 Å². The number of hydrogen-bond donors (Lipinski definition) is 0. The Kier molecular flexibility index (Phi) is 4.39. The fourth-order valence-electron chi connectivity index (χ4n) is 3.18. The molecule has 2 aromatic rings. The minimum Gasteiger partial charge on any atom is -0.368 e. The van der Waals surface area contributed by atoms with Gasteiger partial charge in [-0.3, -0.25) is 0 Å². The van der Waals surface area contributed by atoms with Crippen LogP contribution in [0.3, 0.4) is 0 Å².